The summed E-state index contributed by atoms with van der Waals surface area (Å²) in [6, 6.07) is 8.32. The highest BCUT2D eigenvalue weighted by molar-refractivity contribution is 6.03. The van der Waals surface area contributed by atoms with Crippen LogP contribution >= 0.6 is 0 Å². The Morgan fingerprint density at radius 1 is 1.38 bits per heavy atom. The van der Waals surface area contributed by atoms with Crippen LogP contribution < -0.4 is 4.90 Å². The quantitative estimate of drug-likeness (QED) is 0.774. The minimum Gasteiger partial charge on any atom is -0.371 e. The number of hydrogen-bond acceptors (Lipinski definition) is 2. The number of ketones is 1. The lowest BCUT2D eigenvalue weighted by molar-refractivity contribution is 0.0965. The number of unbranched alkanes of at least 4 members (excludes halogenated alkanes) is 1. The summed E-state index contributed by atoms with van der Waals surface area (Å²) >= 11 is 0. The first kappa shape index (κ1) is 11.2. The monoisotopic (exact) mass is 217 g/mol. The normalized spacial score (nSPS) is 19.8. The van der Waals surface area contributed by atoms with Gasteiger partial charge in [0.15, 0.2) is 5.78 Å². The summed E-state index contributed by atoms with van der Waals surface area (Å²) in [4.78, 5) is 14.2. The molecule has 1 aliphatic heterocycles. The predicted octanol–water partition coefficient (Wildman–Crippen LogP) is 3.27. The van der Waals surface area contributed by atoms with Crippen LogP contribution in [0.4, 0.5) is 5.69 Å². The average Bonchev–Trinajstić information content (AvgIpc) is 2.32. The zero-order valence-corrected chi connectivity index (χ0v) is 10.1. The molecule has 0 fully saturated rings. The van der Waals surface area contributed by atoms with E-state index in [2.05, 4.69) is 18.9 Å². The fraction of sp³-hybridized carbons (Fsp3) is 0.500. The molecule has 0 spiro atoms. The Kier molecular flexibility index (Phi) is 3.28. The van der Waals surface area contributed by atoms with Crippen molar-refractivity contribution in [3.05, 3.63) is 29.8 Å². The molecule has 0 aromatic heterocycles. The lowest BCUT2D eigenvalue weighted by Crippen LogP contribution is -2.38. The van der Waals surface area contributed by atoms with Gasteiger partial charge in [-0.15, -0.1) is 0 Å². The molecule has 0 saturated heterocycles. The number of para-hydroxylation sites is 1. The highest BCUT2D eigenvalue weighted by Crippen LogP contribution is 2.30. The van der Waals surface area contributed by atoms with E-state index in [1.807, 2.05) is 24.3 Å². The molecule has 2 nitrogen and oxygen atoms in total. The molecule has 2 rings (SSSR count). The van der Waals surface area contributed by atoms with Crippen molar-refractivity contribution in [2.75, 3.05) is 11.9 Å². The molecule has 16 heavy (non-hydrogen) atoms. The van der Waals surface area contributed by atoms with Crippen LogP contribution in [0.3, 0.4) is 0 Å². The molecule has 2 heteroatoms. The molecule has 86 valence electrons. The molecule has 1 aliphatic rings. The second kappa shape index (κ2) is 4.69. The van der Waals surface area contributed by atoms with Crippen LogP contribution in [-0.4, -0.2) is 18.9 Å². The van der Waals surface area contributed by atoms with Crippen LogP contribution in [0.5, 0.6) is 0 Å². The number of hydrogen-bond donors (Lipinski definition) is 0. The van der Waals surface area contributed by atoms with Gasteiger partial charge >= 0.3 is 0 Å². The second-order valence-electron chi connectivity index (χ2n) is 4.55. The highest BCUT2D eigenvalue weighted by atomic mass is 16.1. The zero-order chi connectivity index (χ0) is 11.5. The average molecular weight is 217 g/mol. The smallest absolute Gasteiger partial charge is 0.167 e. The van der Waals surface area contributed by atoms with E-state index < -0.39 is 0 Å². The standard InChI is InChI=1S/C14H19NO/c1-3-4-7-11-10-14(16)12-8-5-6-9-13(12)15(11)2/h5-6,8-9,11H,3-4,7,10H2,1-2H3. The molecular weight excluding hydrogens is 198 g/mol. The number of benzene rings is 1. The minimum atomic E-state index is 0.301. The fourth-order valence-corrected chi connectivity index (χ4v) is 2.41. The van der Waals surface area contributed by atoms with Gasteiger partial charge < -0.3 is 4.90 Å². The Bertz CT molecular complexity index is 386. The molecule has 0 aliphatic carbocycles. The van der Waals surface area contributed by atoms with Crippen molar-refractivity contribution in [2.45, 2.75) is 38.6 Å². The van der Waals surface area contributed by atoms with Crippen molar-refractivity contribution < 1.29 is 4.79 Å². The number of fused-ring (bicyclic) bond motifs is 1. The van der Waals surface area contributed by atoms with Crippen molar-refractivity contribution >= 4 is 11.5 Å². The van der Waals surface area contributed by atoms with Crippen LogP contribution in [-0.2, 0) is 0 Å². The van der Waals surface area contributed by atoms with Crippen molar-refractivity contribution in [3.63, 3.8) is 0 Å². The molecule has 0 amide bonds. The first-order valence-corrected chi connectivity index (χ1v) is 6.09. The third-order valence-corrected chi connectivity index (χ3v) is 3.44. The Morgan fingerprint density at radius 2 is 2.12 bits per heavy atom. The van der Waals surface area contributed by atoms with Crippen LogP contribution in [0, 0.1) is 0 Å². The third kappa shape index (κ3) is 1.97. The van der Waals surface area contributed by atoms with Gasteiger partial charge in [-0.3, -0.25) is 4.79 Å². The van der Waals surface area contributed by atoms with E-state index in [4.69, 9.17) is 0 Å². The summed E-state index contributed by atoms with van der Waals surface area (Å²) in [6.45, 7) is 2.19. The summed E-state index contributed by atoms with van der Waals surface area (Å²) in [5.74, 6) is 0.301. The maximum atomic E-state index is 12.0. The largest absolute Gasteiger partial charge is 0.371 e. The zero-order valence-electron chi connectivity index (χ0n) is 10.1. The number of rotatable bonds is 3. The van der Waals surface area contributed by atoms with Gasteiger partial charge in [-0.25, -0.2) is 0 Å². The molecule has 0 N–H and O–H groups in total. The van der Waals surface area contributed by atoms with Crippen molar-refractivity contribution in [3.8, 4) is 0 Å². The molecular formula is C14H19NO. The van der Waals surface area contributed by atoms with Crippen LogP contribution in [0.15, 0.2) is 24.3 Å². The molecule has 0 saturated carbocycles. The van der Waals surface area contributed by atoms with Crippen LogP contribution in [0.1, 0.15) is 43.0 Å². The van der Waals surface area contributed by atoms with E-state index in [1.54, 1.807) is 0 Å². The summed E-state index contributed by atoms with van der Waals surface area (Å²) in [6.07, 6.45) is 4.19. The maximum absolute atomic E-state index is 12.0. The molecule has 1 aromatic carbocycles. The number of Topliss-reactive ketones (excluding diaryl/α,β-unsaturated/α-hetero) is 1. The van der Waals surface area contributed by atoms with E-state index >= 15 is 0 Å². The number of carbonyl (C=O) groups is 1. The Hall–Kier alpha value is -1.31. The van der Waals surface area contributed by atoms with E-state index in [1.165, 1.54) is 12.8 Å². The Labute approximate surface area is 97.3 Å². The summed E-state index contributed by atoms with van der Waals surface area (Å²) in [5, 5.41) is 0. The molecule has 1 aromatic rings. The number of nitrogens with zero attached hydrogens (tertiary/aromatic N) is 1. The summed E-state index contributed by atoms with van der Waals surface area (Å²) in [5.41, 5.74) is 1.98. The SMILES string of the molecule is CCCCC1CC(=O)c2ccccc2N1C. The summed E-state index contributed by atoms with van der Waals surface area (Å²) < 4.78 is 0. The first-order valence-electron chi connectivity index (χ1n) is 6.09. The van der Waals surface area contributed by atoms with E-state index in [-0.39, 0.29) is 0 Å². The van der Waals surface area contributed by atoms with Gasteiger partial charge in [-0.2, -0.15) is 0 Å². The van der Waals surface area contributed by atoms with Gasteiger partial charge in [0.1, 0.15) is 0 Å². The maximum Gasteiger partial charge on any atom is 0.167 e. The molecule has 1 unspecified atom stereocenters. The van der Waals surface area contributed by atoms with Gasteiger partial charge in [0.25, 0.3) is 0 Å². The van der Waals surface area contributed by atoms with Gasteiger partial charge in [0.2, 0.25) is 0 Å². The molecule has 1 heterocycles. The van der Waals surface area contributed by atoms with Crippen molar-refractivity contribution in [1.29, 1.82) is 0 Å². The lowest BCUT2D eigenvalue weighted by atomic mass is 9.92. The first-order chi connectivity index (χ1) is 7.74. The van der Waals surface area contributed by atoms with E-state index in [9.17, 15) is 4.79 Å². The minimum absolute atomic E-state index is 0.301. The van der Waals surface area contributed by atoms with E-state index in [0.717, 1.165) is 17.7 Å². The molecule has 1 atom stereocenters. The molecule has 0 bridgehead atoms. The number of anilines is 1. The van der Waals surface area contributed by atoms with Gasteiger partial charge in [0, 0.05) is 30.8 Å². The Morgan fingerprint density at radius 3 is 2.88 bits per heavy atom. The van der Waals surface area contributed by atoms with Crippen LogP contribution in [0.25, 0.3) is 0 Å². The van der Waals surface area contributed by atoms with E-state index in [0.29, 0.717) is 18.2 Å². The fourth-order valence-electron chi connectivity index (χ4n) is 2.41. The van der Waals surface area contributed by atoms with Crippen molar-refractivity contribution in [2.24, 2.45) is 0 Å². The van der Waals surface area contributed by atoms with Gasteiger partial charge in [0.05, 0.1) is 0 Å². The van der Waals surface area contributed by atoms with Crippen LogP contribution in [0.2, 0.25) is 0 Å². The Balaban J connectivity index is 2.24. The topological polar surface area (TPSA) is 20.3 Å². The highest BCUT2D eigenvalue weighted by Gasteiger charge is 2.27. The van der Waals surface area contributed by atoms with Crippen molar-refractivity contribution in [1.82, 2.24) is 0 Å². The van der Waals surface area contributed by atoms with Gasteiger partial charge in [-0.1, -0.05) is 31.9 Å². The predicted molar refractivity (Wildman–Crippen MR) is 67.1 cm³/mol. The lowest BCUT2D eigenvalue weighted by Gasteiger charge is -2.35. The summed E-state index contributed by atoms with van der Waals surface area (Å²) in [7, 11) is 2.10. The third-order valence-electron chi connectivity index (χ3n) is 3.44. The number of carbonyl (C=O) groups excluding carboxylic acids is 1. The second-order valence-corrected chi connectivity index (χ2v) is 4.55. The van der Waals surface area contributed by atoms with Gasteiger partial charge in [-0.05, 0) is 18.6 Å². The molecule has 0 radical (unpaired) electrons.